The van der Waals surface area contributed by atoms with Crippen LogP contribution in [-0.2, 0) is 0 Å². The van der Waals surface area contributed by atoms with Crippen molar-refractivity contribution in [1.29, 1.82) is 0 Å². The molecule has 0 unspecified atom stereocenters. The summed E-state index contributed by atoms with van der Waals surface area (Å²) in [6, 6.07) is 4.32. The molecule has 0 saturated heterocycles. The van der Waals surface area contributed by atoms with E-state index in [1.165, 1.54) is 0 Å². The summed E-state index contributed by atoms with van der Waals surface area (Å²) in [7, 11) is 0. The summed E-state index contributed by atoms with van der Waals surface area (Å²) in [4.78, 5) is 10.2. The molecule has 14 heavy (non-hydrogen) atoms. The van der Waals surface area contributed by atoms with Crippen LogP contribution in [-0.4, -0.2) is 11.5 Å². The van der Waals surface area contributed by atoms with E-state index in [0.717, 1.165) is 24.3 Å². The lowest BCUT2D eigenvalue weighted by molar-refractivity contribution is -0.255. The molecule has 0 saturated carbocycles. The van der Waals surface area contributed by atoms with Crippen LogP contribution in [0, 0.1) is 0 Å². The number of hydrogen-bond acceptors (Lipinski definition) is 3. The average molecular weight is 221 g/mol. The van der Waals surface area contributed by atoms with Crippen molar-refractivity contribution >= 4 is 17.7 Å². The number of carboxylic acid groups (broad SMARTS) is 1. The molecule has 0 amide bonds. The fourth-order valence-electron chi connectivity index (χ4n) is 0.793. The normalized spacial score (nSPS) is 11.4. The van der Waals surface area contributed by atoms with Crippen LogP contribution in [0.3, 0.4) is 0 Å². The van der Waals surface area contributed by atoms with E-state index < -0.39 is 11.5 Å². The van der Waals surface area contributed by atoms with Crippen molar-refractivity contribution in [2.75, 3.05) is 0 Å². The minimum Gasteiger partial charge on any atom is -0.545 e. The zero-order valence-corrected chi connectivity index (χ0v) is 7.48. The third kappa shape index (κ3) is 3.29. The van der Waals surface area contributed by atoms with Crippen molar-refractivity contribution in [3.63, 3.8) is 0 Å². The number of thioether (sulfide) groups is 1. The molecule has 0 aliphatic carbocycles. The molecule has 0 radical (unpaired) electrons. The van der Waals surface area contributed by atoms with E-state index in [9.17, 15) is 23.1 Å². The van der Waals surface area contributed by atoms with Crippen LogP contribution < -0.4 is 5.11 Å². The van der Waals surface area contributed by atoms with Crippen LogP contribution in [0.2, 0.25) is 0 Å². The van der Waals surface area contributed by atoms with E-state index in [4.69, 9.17) is 0 Å². The first-order valence-electron chi connectivity index (χ1n) is 3.45. The van der Waals surface area contributed by atoms with Crippen molar-refractivity contribution in [3.8, 4) is 0 Å². The number of halogens is 3. The molecular weight excluding hydrogens is 217 g/mol. The zero-order chi connectivity index (χ0) is 10.8. The van der Waals surface area contributed by atoms with Gasteiger partial charge in [-0.15, -0.1) is 0 Å². The van der Waals surface area contributed by atoms with Crippen LogP contribution in [0.1, 0.15) is 10.4 Å². The summed E-state index contributed by atoms with van der Waals surface area (Å²) in [5.74, 6) is -1.41. The molecule has 6 heteroatoms. The second-order valence-corrected chi connectivity index (χ2v) is 3.50. The van der Waals surface area contributed by atoms with Gasteiger partial charge in [0.25, 0.3) is 0 Å². The second kappa shape index (κ2) is 3.91. The number of hydrogen-bond donors (Lipinski definition) is 0. The SMILES string of the molecule is O=C([O-])c1ccc(SC(F)(F)F)cc1. The van der Waals surface area contributed by atoms with Gasteiger partial charge in [-0.05, 0) is 29.5 Å². The van der Waals surface area contributed by atoms with Gasteiger partial charge in [-0.2, -0.15) is 13.2 Å². The van der Waals surface area contributed by atoms with Gasteiger partial charge in [-0.1, -0.05) is 12.1 Å². The first-order chi connectivity index (χ1) is 6.38. The fraction of sp³-hybridized carbons (Fsp3) is 0.125. The highest BCUT2D eigenvalue weighted by atomic mass is 32.2. The second-order valence-electron chi connectivity index (χ2n) is 2.36. The number of carboxylic acids is 1. The predicted molar refractivity (Wildman–Crippen MR) is 42.7 cm³/mol. The molecule has 0 aromatic heterocycles. The van der Waals surface area contributed by atoms with Crippen molar-refractivity contribution in [1.82, 2.24) is 0 Å². The molecule has 0 heterocycles. The van der Waals surface area contributed by atoms with E-state index in [0.29, 0.717) is 0 Å². The summed E-state index contributed by atoms with van der Waals surface area (Å²) in [6.07, 6.45) is 0. The Labute approximate surface area is 81.7 Å². The third-order valence-corrected chi connectivity index (χ3v) is 2.06. The number of carbonyl (C=O) groups is 1. The lowest BCUT2D eigenvalue weighted by Gasteiger charge is -2.06. The summed E-state index contributed by atoms with van der Waals surface area (Å²) in [5, 5.41) is 10.3. The van der Waals surface area contributed by atoms with Gasteiger partial charge < -0.3 is 9.90 Å². The predicted octanol–water partition coefficient (Wildman–Crippen LogP) is 1.66. The van der Waals surface area contributed by atoms with Gasteiger partial charge in [0.15, 0.2) is 0 Å². The van der Waals surface area contributed by atoms with Crippen LogP contribution in [0.5, 0.6) is 0 Å². The van der Waals surface area contributed by atoms with Gasteiger partial charge in [0.1, 0.15) is 0 Å². The maximum absolute atomic E-state index is 11.8. The quantitative estimate of drug-likeness (QED) is 0.713. The van der Waals surface area contributed by atoms with Crippen LogP contribution in [0.15, 0.2) is 29.2 Å². The molecule has 0 N–H and O–H groups in total. The summed E-state index contributed by atoms with van der Waals surface area (Å²) < 4.78 is 35.5. The topological polar surface area (TPSA) is 40.1 Å². The molecule has 0 fully saturated rings. The third-order valence-electron chi connectivity index (χ3n) is 1.32. The maximum atomic E-state index is 11.8. The van der Waals surface area contributed by atoms with E-state index in [-0.39, 0.29) is 22.2 Å². The van der Waals surface area contributed by atoms with Gasteiger partial charge in [-0.25, -0.2) is 0 Å². The number of aromatic carboxylic acids is 1. The Kier molecular flexibility index (Phi) is 3.05. The lowest BCUT2D eigenvalue weighted by atomic mass is 10.2. The monoisotopic (exact) mass is 221 g/mol. The first kappa shape index (κ1) is 10.9. The molecular formula is C8H4F3O2S-. The highest BCUT2D eigenvalue weighted by Crippen LogP contribution is 2.36. The highest BCUT2D eigenvalue weighted by molar-refractivity contribution is 8.00. The number of carbonyl (C=O) groups excluding carboxylic acids is 1. The molecule has 1 rings (SSSR count). The average Bonchev–Trinajstić information content (AvgIpc) is 2.02. The molecule has 0 spiro atoms. The fourth-order valence-corrected chi connectivity index (χ4v) is 1.33. The van der Waals surface area contributed by atoms with Crippen molar-refractivity contribution < 1.29 is 23.1 Å². The van der Waals surface area contributed by atoms with Crippen LogP contribution >= 0.6 is 11.8 Å². The first-order valence-corrected chi connectivity index (χ1v) is 4.27. The Balaban J connectivity index is 2.79. The Morgan fingerprint density at radius 2 is 1.71 bits per heavy atom. The van der Waals surface area contributed by atoms with Crippen LogP contribution in [0.4, 0.5) is 13.2 Å². The molecule has 0 bridgehead atoms. The van der Waals surface area contributed by atoms with Gasteiger partial charge in [-0.3, -0.25) is 0 Å². The van der Waals surface area contributed by atoms with Gasteiger partial charge in [0.05, 0.1) is 5.97 Å². The van der Waals surface area contributed by atoms with E-state index in [1.54, 1.807) is 0 Å². The molecule has 1 aromatic carbocycles. The Bertz CT molecular complexity index is 331. The van der Waals surface area contributed by atoms with Crippen molar-refractivity contribution in [2.45, 2.75) is 10.4 Å². The Morgan fingerprint density at radius 3 is 2.07 bits per heavy atom. The molecule has 76 valence electrons. The summed E-state index contributed by atoms with van der Waals surface area (Å²) in [6.45, 7) is 0. The van der Waals surface area contributed by atoms with Gasteiger partial charge in [0.2, 0.25) is 0 Å². The van der Waals surface area contributed by atoms with Crippen molar-refractivity contribution in [2.24, 2.45) is 0 Å². The molecule has 0 atom stereocenters. The summed E-state index contributed by atoms with van der Waals surface area (Å²) in [5.41, 5.74) is -4.50. The number of alkyl halides is 3. The summed E-state index contributed by atoms with van der Waals surface area (Å²) >= 11 is -0.292. The lowest BCUT2D eigenvalue weighted by Crippen LogP contribution is -2.21. The Morgan fingerprint density at radius 1 is 1.21 bits per heavy atom. The minimum atomic E-state index is -4.36. The molecule has 0 aliphatic rings. The minimum absolute atomic E-state index is 0.0532. The number of benzene rings is 1. The van der Waals surface area contributed by atoms with Gasteiger partial charge in [0, 0.05) is 4.90 Å². The van der Waals surface area contributed by atoms with E-state index >= 15 is 0 Å². The maximum Gasteiger partial charge on any atom is 0.446 e. The molecule has 0 aliphatic heterocycles. The standard InChI is InChI=1S/C8H5F3O2S/c9-8(10,11)14-6-3-1-5(2-4-6)7(12)13/h1-4H,(H,12,13)/p-1. The Hall–Kier alpha value is -1.17. The van der Waals surface area contributed by atoms with E-state index in [1.807, 2.05) is 0 Å². The van der Waals surface area contributed by atoms with Gasteiger partial charge >= 0.3 is 5.51 Å². The number of rotatable bonds is 2. The largest absolute Gasteiger partial charge is 0.545 e. The van der Waals surface area contributed by atoms with E-state index in [2.05, 4.69) is 0 Å². The molecule has 1 aromatic rings. The smallest absolute Gasteiger partial charge is 0.446 e. The van der Waals surface area contributed by atoms with Crippen molar-refractivity contribution in [3.05, 3.63) is 29.8 Å². The van der Waals surface area contributed by atoms with Crippen LogP contribution in [0.25, 0.3) is 0 Å². The highest BCUT2D eigenvalue weighted by Gasteiger charge is 2.28. The zero-order valence-electron chi connectivity index (χ0n) is 6.67. The molecule has 2 nitrogen and oxygen atoms in total.